The molecule has 2 aromatic carbocycles. The van der Waals surface area contributed by atoms with Gasteiger partial charge in [-0.25, -0.2) is 13.2 Å². The summed E-state index contributed by atoms with van der Waals surface area (Å²) in [6.45, 7) is 1.62. The Hall–Kier alpha value is -3.03. The van der Waals surface area contributed by atoms with Crippen LogP contribution < -0.4 is 10.1 Å². The second-order valence-electron chi connectivity index (χ2n) is 5.30. The monoisotopic (exact) mass is 349 g/mol. The fourth-order valence-electron chi connectivity index (χ4n) is 2.17. The summed E-state index contributed by atoms with van der Waals surface area (Å²) in [6.07, 6.45) is 0. The number of hydrogen-bond donors (Lipinski definition) is 1. The SMILES string of the molecule is COc1cc(F)c(NCc2nc(-c3ccc(C)c(F)c3)no2)cc1F. The number of aryl methyl sites for hydroxylation is 1. The van der Waals surface area contributed by atoms with E-state index >= 15 is 0 Å². The lowest BCUT2D eigenvalue weighted by Gasteiger charge is -2.08. The highest BCUT2D eigenvalue weighted by Crippen LogP contribution is 2.25. The summed E-state index contributed by atoms with van der Waals surface area (Å²) in [5, 5.41) is 6.42. The predicted molar refractivity (Wildman–Crippen MR) is 84.7 cm³/mol. The molecule has 8 heteroatoms. The summed E-state index contributed by atoms with van der Waals surface area (Å²) in [5.41, 5.74) is 0.894. The van der Waals surface area contributed by atoms with E-state index < -0.39 is 11.6 Å². The number of rotatable bonds is 5. The van der Waals surface area contributed by atoms with Crippen molar-refractivity contribution in [3.8, 4) is 17.1 Å². The van der Waals surface area contributed by atoms with E-state index in [9.17, 15) is 13.2 Å². The van der Waals surface area contributed by atoms with Crippen molar-refractivity contribution in [1.82, 2.24) is 10.1 Å². The minimum absolute atomic E-state index is 0.0238. The number of nitrogens with zero attached hydrogens (tertiary/aromatic N) is 2. The average molecular weight is 349 g/mol. The lowest BCUT2D eigenvalue weighted by Crippen LogP contribution is -2.03. The fraction of sp³-hybridized carbons (Fsp3) is 0.176. The fourth-order valence-corrected chi connectivity index (χ4v) is 2.17. The van der Waals surface area contributed by atoms with Crippen molar-refractivity contribution in [2.24, 2.45) is 0 Å². The molecule has 3 aromatic rings. The Morgan fingerprint density at radius 3 is 2.60 bits per heavy atom. The highest BCUT2D eigenvalue weighted by Gasteiger charge is 2.13. The summed E-state index contributed by atoms with van der Waals surface area (Å²) in [4.78, 5) is 4.10. The molecular weight excluding hydrogens is 335 g/mol. The first-order valence-electron chi connectivity index (χ1n) is 7.34. The van der Waals surface area contributed by atoms with Crippen molar-refractivity contribution >= 4 is 5.69 Å². The smallest absolute Gasteiger partial charge is 0.246 e. The van der Waals surface area contributed by atoms with Gasteiger partial charge in [0.15, 0.2) is 11.6 Å². The zero-order valence-electron chi connectivity index (χ0n) is 13.4. The Bertz CT molecular complexity index is 912. The molecule has 0 saturated carbocycles. The van der Waals surface area contributed by atoms with Gasteiger partial charge in [-0.05, 0) is 18.6 Å². The third kappa shape index (κ3) is 3.57. The van der Waals surface area contributed by atoms with Crippen LogP contribution in [0.1, 0.15) is 11.5 Å². The second-order valence-corrected chi connectivity index (χ2v) is 5.30. The minimum atomic E-state index is -0.701. The molecule has 0 spiro atoms. The summed E-state index contributed by atoms with van der Waals surface area (Å²) in [5.74, 6) is -1.60. The van der Waals surface area contributed by atoms with Crippen molar-refractivity contribution in [3.05, 3.63) is 59.2 Å². The van der Waals surface area contributed by atoms with E-state index in [-0.39, 0.29) is 35.5 Å². The third-order valence-corrected chi connectivity index (χ3v) is 3.57. The number of ether oxygens (including phenoxy) is 1. The molecule has 5 nitrogen and oxygen atoms in total. The van der Waals surface area contributed by atoms with Crippen LogP contribution in [0, 0.1) is 24.4 Å². The van der Waals surface area contributed by atoms with E-state index in [1.165, 1.54) is 13.2 Å². The molecule has 0 aliphatic rings. The van der Waals surface area contributed by atoms with Crippen LogP contribution in [0.5, 0.6) is 5.75 Å². The van der Waals surface area contributed by atoms with Crippen LogP contribution in [0.4, 0.5) is 18.9 Å². The summed E-state index contributed by atoms with van der Waals surface area (Å²) in [6, 6.07) is 6.48. The number of anilines is 1. The molecule has 0 fully saturated rings. The van der Waals surface area contributed by atoms with Crippen molar-refractivity contribution < 1.29 is 22.4 Å². The van der Waals surface area contributed by atoms with Gasteiger partial charge in [-0.3, -0.25) is 0 Å². The number of benzene rings is 2. The lowest BCUT2D eigenvalue weighted by atomic mass is 10.1. The maximum absolute atomic E-state index is 13.9. The normalized spacial score (nSPS) is 10.8. The van der Waals surface area contributed by atoms with Gasteiger partial charge in [-0.15, -0.1) is 0 Å². The molecule has 1 heterocycles. The van der Waals surface area contributed by atoms with Crippen LogP contribution in [0.2, 0.25) is 0 Å². The van der Waals surface area contributed by atoms with Crippen LogP contribution in [0.3, 0.4) is 0 Å². The van der Waals surface area contributed by atoms with Crippen molar-refractivity contribution in [2.75, 3.05) is 12.4 Å². The molecule has 1 aromatic heterocycles. The van der Waals surface area contributed by atoms with Crippen LogP contribution in [0.15, 0.2) is 34.9 Å². The van der Waals surface area contributed by atoms with E-state index in [1.54, 1.807) is 19.1 Å². The molecule has 0 aliphatic carbocycles. The van der Waals surface area contributed by atoms with E-state index in [4.69, 9.17) is 9.26 Å². The van der Waals surface area contributed by atoms with E-state index in [2.05, 4.69) is 15.5 Å². The summed E-state index contributed by atoms with van der Waals surface area (Å²) < 4.78 is 50.8. The van der Waals surface area contributed by atoms with E-state index in [0.29, 0.717) is 11.1 Å². The van der Waals surface area contributed by atoms with Crippen LogP contribution in [0.25, 0.3) is 11.4 Å². The van der Waals surface area contributed by atoms with E-state index in [1.807, 2.05) is 0 Å². The quantitative estimate of drug-likeness (QED) is 0.752. The van der Waals surface area contributed by atoms with Gasteiger partial charge >= 0.3 is 0 Å². The molecule has 0 radical (unpaired) electrons. The largest absolute Gasteiger partial charge is 0.494 e. The van der Waals surface area contributed by atoms with Gasteiger partial charge in [0.25, 0.3) is 0 Å². The molecule has 1 N–H and O–H groups in total. The second kappa shape index (κ2) is 6.84. The Labute approximate surface area is 141 Å². The molecule has 0 aliphatic heterocycles. The number of hydrogen-bond acceptors (Lipinski definition) is 5. The van der Waals surface area contributed by atoms with Gasteiger partial charge in [-0.1, -0.05) is 17.3 Å². The van der Waals surface area contributed by atoms with Crippen molar-refractivity contribution in [1.29, 1.82) is 0 Å². The van der Waals surface area contributed by atoms with Crippen molar-refractivity contribution in [3.63, 3.8) is 0 Å². The molecule has 0 bridgehead atoms. The maximum Gasteiger partial charge on any atom is 0.246 e. The third-order valence-electron chi connectivity index (χ3n) is 3.57. The van der Waals surface area contributed by atoms with Gasteiger partial charge in [0, 0.05) is 17.7 Å². The highest BCUT2D eigenvalue weighted by atomic mass is 19.1. The average Bonchev–Trinajstić information content (AvgIpc) is 3.06. The molecular formula is C17H14F3N3O2. The molecule has 130 valence electrons. The van der Waals surface area contributed by atoms with E-state index in [0.717, 1.165) is 12.1 Å². The predicted octanol–water partition coefficient (Wildman–Crippen LogP) is 4.08. The Morgan fingerprint density at radius 2 is 1.88 bits per heavy atom. The molecule has 25 heavy (non-hydrogen) atoms. The van der Waals surface area contributed by atoms with Gasteiger partial charge in [0.05, 0.1) is 19.3 Å². The molecule has 0 amide bonds. The lowest BCUT2D eigenvalue weighted by molar-refractivity contribution is 0.381. The van der Waals surface area contributed by atoms with Gasteiger partial charge < -0.3 is 14.6 Å². The first kappa shape index (κ1) is 16.8. The number of methoxy groups -OCH3 is 1. The van der Waals surface area contributed by atoms with Gasteiger partial charge in [-0.2, -0.15) is 4.98 Å². The minimum Gasteiger partial charge on any atom is -0.494 e. The first-order valence-corrected chi connectivity index (χ1v) is 7.34. The standard InChI is InChI=1S/C17H14F3N3O2/c1-9-3-4-10(5-11(9)18)17-22-16(25-23-17)8-21-14-6-13(20)15(24-2)7-12(14)19/h3-7,21H,8H2,1-2H3. The first-order chi connectivity index (χ1) is 12.0. The maximum atomic E-state index is 13.9. The highest BCUT2D eigenvalue weighted by molar-refractivity contribution is 5.55. The van der Waals surface area contributed by atoms with Gasteiger partial charge in [0.1, 0.15) is 11.6 Å². The Morgan fingerprint density at radius 1 is 1.08 bits per heavy atom. The number of aromatic nitrogens is 2. The van der Waals surface area contributed by atoms with Crippen LogP contribution in [-0.4, -0.2) is 17.3 Å². The topological polar surface area (TPSA) is 60.2 Å². The van der Waals surface area contributed by atoms with Crippen LogP contribution >= 0.6 is 0 Å². The Balaban J connectivity index is 1.74. The number of nitrogens with one attached hydrogen (secondary N) is 1. The summed E-state index contributed by atoms with van der Waals surface area (Å²) in [7, 11) is 1.25. The van der Waals surface area contributed by atoms with Crippen LogP contribution in [-0.2, 0) is 6.54 Å². The zero-order valence-corrected chi connectivity index (χ0v) is 13.4. The Kier molecular flexibility index (Phi) is 4.60. The number of halogens is 3. The molecule has 3 rings (SSSR count). The summed E-state index contributed by atoms with van der Waals surface area (Å²) >= 11 is 0. The van der Waals surface area contributed by atoms with Gasteiger partial charge in [0.2, 0.25) is 11.7 Å². The molecule has 0 saturated heterocycles. The molecule has 0 atom stereocenters. The van der Waals surface area contributed by atoms with Crippen molar-refractivity contribution in [2.45, 2.75) is 13.5 Å². The molecule has 0 unspecified atom stereocenters. The zero-order chi connectivity index (χ0) is 18.0.